The average Bonchev–Trinajstić information content (AvgIpc) is 2.48. The minimum absolute atomic E-state index is 0.212. The van der Waals surface area contributed by atoms with E-state index in [9.17, 15) is 9.59 Å². The summed E-state index contributed by atoms with van der Waals surface area (Å²) >= 11 is 6.70. The van der Waals surface area contributed by atoms with E-state index < -0.39 is 6.03 Å². The third-order valence-corrected chi connectivity index (χ3v) is 4.91. The highest BCUT2D eigenvalue weighted by atomic mass is 79.9. The molecule has 0 atom stereocenters. The molecule has 1 aliphatic rings. The Hall–Kier alpha value is -1.08. The van der Waals surface area contributed by atoms with E-state index in [-0.39, 0.29) is 5.91 Å². The molecule has 0 bridgehead atoms. The molecular weight excluding hydrogens is 414 g/mol. The predicted molar refractivity (Wildman–Crippen MR) is 94.0 cm³/mol. The molecule has 1 fully saturated rings. The molecule has 120 valence electrons. The molecule has 0 heterocycles. The Balaban J connectivity index is 2.11. The monoisotopic (exact) mass is 431 g/mol. The maximum absolute atomic E-state index is 12.4. The minimum atomic E-state index is -0.704. The fraction of sp³-hybridized carbons (Fsp3) is 0.467. The van der Waals surface area contributed by atoms with Gasteiger partial charge in [0.2, 0.25) is 0 Å². The van der Waals surface area contributed by atoms with Crippen molar-refractivity contribution in [1.29, 1.82) is 0 Å². The molecule has 0 radical (unpaired) electrons. The van der Waals surface area contributed by atoms with Crippen LogP contribution < -0.4 is 16.4 Å². The molecule has 5 nitrogen and oxygen atoms in total. The van der Waals surface area contributed by atoms with Crippen LogP contribution in [0.5, 0.6) is 0 Å². The number of urea groups is 1. The van der Waals surface area contributed by atoms with Crippen molar-refractivity contribution < 1.29 is 9.59 Å². The Bertz CT molecular complexity index is 572. The lowest BCUT2D eigenvalue weighted by Gasteiger charge is -2.22. The van der Waals surface area contributed by atoms with Crippen LogP contribution in [-0.2, 0) is 0 Å². The number of hydrogen-bond donors (Lipinski definition) is 3. The molecule has 3 amide bonds. The van der Waals surface area contributed by atoms with E-state index in [1.807, 2.05) is 0 Å². The van der Waals surface area contributed by atoms with Crippen molar-refractivity contribution in [3.8, 4) is 0 Å². The first-order valence-electron chi connectivity index (χ1n) is 7.31. The summed E-state index contributed by atoms with van der Waals surface area (Å²) in [6, 6.07) is 2.72. The number of carbonyl (C=O) groups excluding carboxylic acids is 2. The Morgan fingerprint density at radius 1 is 1.18 bits per heavy atom. The molecule has 2 rings (SSSR count). The van der Waals surface area contributed by atoms with E-state index in [1.54, 1.807) is 12.1 Å². The highest BCUT2D eigenvalue weighted by Crippen LogP contribution is 2.31. The van der Waals surface area contributed by atoms with Crippen LogP contribution >= 0.6 is 31.9 Å². The average molecular weight is 433 g/mol. The topological polar surface area (TPSA) is 84.2 Å². The Labute approximate surface area is 146 Å². The molecule has 1 aromatic rings. The highest BCUT2D eigenvalue weighted by Gasteiger charge is 2.19. The standard InChI is InChI=1S/C15H19Br2N3O2/c16-10-6-11(13(12(17)7-10)20-15(18)22)14(21)19-8-9-4-2-1-3-5-9/h6-7,9H,1-5,8H2,(H,19,21)(H3,18,20,22). The van der Waals surface area contributed by atoms with Gasteiger partial charge in [-0.1, -0.05) is 35.2 Å². The number of nitrogens with two attached hydrogens (primary N) is 1. The van der Waals surface area contributed by atoms with Gasteiger partial charge >= 0.3 is 6.03 Å². The zero-order chi connectivity index (χ0) is 16.1. The summed E-state index contributed by atoms with van der Waals surface area (Å²) < 4.78 is 1.35. The Morgan fingerprint density at radius 2 is 1.86 bits per heavy atom. The van der Waals surface area contributed by atoms with E-state index in [0.29, 0.717) is 28.2 Å². The lowest BCUT2D eigenvalue weighted by molar-refractivity contribution is 0.0944. The van der Waals surface area contributed by atoms with E-state index >= 15 is 0 Å². The van der Waals surface area contributed by atoms with Gasteiger partial charge in [0.25, 0.3) is 5.91 Å². The van der Waals surface area contributed by atoms with Crippen molar-refractivity contribution >= 4 is 49.5 Å². The Kier molecular flexibility index (Phi) is 6.26. The second-order valence-electron chi connectivity index (χ2n) is 5.51. The number of amides is 3. The van der Waals surface area contributed by atoms with E-state index in [2.05, 4.69) is 42.5 Å². The quantitative estimate of drug-likeness (QED) is 0.671. The fourth-order valence-corrected chi connectivity index (χ4v) is 4.05. The molecule has 1 aromatic carbocycles. The number of hydrogen-bond acceptors (Lipinski definition) is 2. The van der Waals surface area contributed by atoms with Gasteiger partial charge in [-0.2, -0.15) is 0 Å². The zero-order valence-corrected chi connectivity index (χ0v) is 15.3. The summed E-state index contributed by atoms with van der Waals surface area (Å²) in [5, 5.41) is 5.46. The van der Waals surface area contributed by atoms with Crippen molar-refractivity contribution in [3.05, 3.63) is 26.6 Å². The van der Waals surface area contributed by atoms with Gasteiger partial charge in [0.1, 0.15) is 0 Å². The minimum Gasteiger partial charge on any atom is -0.352 e. The first-order valence-corrected chi connectivity index (χ1v) is 8.89. The van der Waals surface area contributed by atoms with Crippen molar-refractivity contribution in [2.75, 3.05) is 11.9 Å². The van der Waals surface area contributed by atoms with Crippen LogP contribution in [0.3, 0.4) is 0 Å². The molecule has 4 N–H and O–H groups in total. The van der Waals surface area contributed by atoms with Gasteiger partial charge in [0.05, 0.1) is 11.3 Å². The number of benzene rings is 1. The summed E-state index contributed by atoms with van der Waals surface area (Å²) in [5.74, 6) is 0.331. The van der Waals surface area contributed by atoms with E-state index in [1.165, 1.54) is 19.3 Å². The van der Waals surface area contributed by atoms with Crippen LogP contribution in [0.4, 0.5) is 10.5 Å². The van der Waals surface area contributed by atoms with Gasteiger partial charge in [-0.15, -0.1) is 0 Å². The van der Waals surface area contributed by atoms with Gasteiger partial charge in [0, 0.05) is 15.5 Å². The third kappa shape index (κ3) is 4.71. The Morgan fingerprint density at radius 3 is 2.50 bits per heavy atom. The van der Waals surface area contributed by atoms with Gasteiger partial charge in [-0.3, -0.25) is 4.79 Å². The number of halogens is 2. The number of anilines is 1. The molecule has 0 aromatic heterocycles. The molecule has 7 heteroatoms. The van der Waals surface area contributed by atoms with Crippen LogP contribution in [-0.4, -0.2) is 18.5 Å². The summed E-state index contributed by atoms with van der Waals surface area (Å²) in [5.41, 5.74) is 5.95. The van der Waals surface area contributed by atoms with Gasteiger partial charge < -0.3 is 16.4 Å². The lowest BCUT2D eigenvalue weighted by Crippen LogP contribution is -2.31. The molecule has 22 heavy (non-hydrogen) atoms. The summed E-state index contributed by atoms with van der Waals surface area (Å²) in [4.78, 5) is 23.6. The predicted octanol–water partition coefficient (Wildman–Crippen LogP) is 4.01. The number of nitrogens with one attached hydrogen (secondary N) is 2. The van der Waals surface area contributed by atoms with Crippen molar-refractivity contribution in [3.63, 3.8) is 0 Å². The van der Waals surface area contributed by atoms with E-state index in [4.69, 9.17) is 5.73 Å². The molecule has 1 saturated carbocycles. The second-order valence-corrected chi connectivity index (χ2v) is 7.28. The fourth-order valence-electron chi connectivity index (χ4n) is 2.73. The second kappa shape index (κ2) is 7.97. The molecule has 1 aliphatic carbocycles. The number of primary amides is 1. The molecule has 0 saturated heterocycles. The summed E-state index contributed by atoms with van der Waals surface area (Å²) in [7, 11) is 0. The first kappa shape index (κ1) is 17.3. The van der Waals surface area contributed by atoms with Crippen LogP contribution in [0, 0.1) is 5.92 Å². The van der Waals surface area contributed by atoms with Gasteiger partial charge in [-0.05, 0) is 46.8 Å². The van der Waals surface area contributed by atoms with E-state index in [0.717, 1.165) is 17.3 Å². The summed E-state index contributed by atoms with van der Waals surface area (Å²) in [6.45, 7) is 0.666. The van der Waals surface area contributed by atoms with Crippen LogP contribution in [0.2, 0.25) is 0 Å². The lowest BCUT2D eigenvalue weighted by atomic mass is 9.89. The third-order valence-electron chi connectivity index (χ3n) is 3.82. The summed E-state index contributed by atoms with van der Waals surface area (Å²) in [6.07, 6.45) is 6.08. The largest absolute Gasteiger partial charge is 0.352 e. The highest BCUT2D eigenvalue weighted by molar-refractivity contribution is 9.11. The maximum Gasteiger partial charge on any atom is 0.316 e. The van der Waals surface area contributed by atoms with Gasteiger partial charge in [0.15, 0.2) is 0 Å². The maximum atomic E-state index is 12.4. The first-order chi connectivity index (χ1) is 10.5. The van der Waals surface area contributed by atoms with Crippen LogP contribution in [0.25, 0.3) is 0 Å². The van der Waals surface area contributed by atoms with Crippen LogP contribution in [0.1, 0.15) is 42.5 Å². The SMILES string of the molecule is NC(=O)Nc1c(Br)cc(Br)cc1C(=O)NCC1CCCCC1. The van der Waals surface area contributed by atoms with Crippen LogP contribution in [0.15, 0.2) is 21.1 Å². The van der Waals surface area contributed by atoms with Crippen molar-refractivity contribution in [2.24, 2.45) is 11.7 Å². The van der Waals surface area contributed by atoms with Gasteiger partial charge in [-0.25, -0.2) is 4.79 Å². The number of carbonyl (C=O) groups is 2. The normalized spacial score (nSPS) is 15.4. The zero-order valence-electron chi connectivity index (χ0n) is 12.1. The molecule has 0 spiro atoms. The van der Waals surface area contributed by atoms with Crippen molar-refractivity contribution in [1.82, 2.24) is 5.32 Å². The number of rotatable bonds is 4. The molecule has 0 unspecified atom stereocenters. The molecule has 0 aliphatic heterocycles. The molecular formula is C15H19Br2N3O2. The smallest absolute Gasteiger partial charge is 0.316 e. The van der Waals surface area contributed by atoms with Crippen molar-refractivity contribution in [2.45, 2.75) is 32.1 Å².